The number of para-hydroxylation sites is 2. The number of imidazole rings is 1. The van der Waals surface area contributed by atoms with Gasteiger partial charge in [-0.1, -0.05) is 24.3 Å². The summed E-state index contributed by atoms with van der Waals surface area (Å²) in [4.78, 5) is 5.20. The number of fused-ring (bicyclic) bond motifs is 1. The van der Waals surface area contributed by atoms with Crippen molar-refractivity contribution >= 4 is 59.9 Å². The molecule has 4 rings (SSSR count). The van der Waals surface area contributed by atoms with Gasteiger partial charge in [0.1, 0.15) is 11.7 Å². The second kappa shape index (κ2) is 9.74. The topological polar surface area (TPSA) is 156 Å². The first-order valence-corrected chi connectivity index (χ1v) is 15.4. The highest BCUT2D eigenvalue weighted by atomic mass is 32.2. The van der Waals surface area contributed by atoms with Crippen molar-refractivity contribution < 1.29 is 21.4 Å². The van der Waals surface area contributed by atoms with Crippen LogP contribution in [-0.2, 0) is 26.5 Å². The molecule has 0 radical (unpaired) electrons. The predicted octanol–water partition coefficient (Wildman–Crippen LogP) is 3.88. The van der Waals surface area contributed by atoms with E-state index < -0.39 is 25.7 Å². The summed E-state index contributed by atoms with van der Waals surface area (Å²) in [6.07, 6.45) is 1.92. The molecule has 0 unspecified atom stereocenters. The highest BCUT2D eigenvalue weighted by molar-refractivity contribution is 8.01. The Kier molecular flexibility index (Phi) is 7.06. The number of amidine groups is 1. The highest BCUT2D eigenvalue weighted by Crippen LogP contribution is 2.37. The molecule has 0 saturated heterocycles. The zero-order chi connectivity index (χ0) is 25.4. The first kappa shape index (κ1) is 25.4. The van der Waals surface area contributed by atoms with Gasteiger partial charge in [0.2, 0.25) is 9.84 Å². The van der Waals surface area contributed by atoms with E-state index in [2.05, 4.69) is 4.98 Å². The van der Waals surface area contributed by atoms with E-state index in [1.807, 2.05) is 28.8 Å². The largest absolute Gasteiger partial charge is 0.383 e. The van der Waals surface area contributed by atoms with Crippen molar-refractivity contribution in [1.29, 1.82) is 5.41 Å². The number of thiophene rings is 1. The molecule has 13 heteroatoms. The minimum Gasteiger partial charge on any atom is -0.383 e. The van der Waals surface area contributed by atoms with Gasteiger partial charge in [-0.05, 0) is 43.0 Å². The van der Waals surface area contributed by atoms with Crippen LogP contribution >= 0.6 is 23.1 Å². The smallest absolute Gasteiger partial charge is 0.264 e. The number of aromatic nitrogens is 2. The van der Waals surface area contributed by atoms with Gasteiger partial charge >= 0.3 is 0 Å². The number of rotatable bonds is 9. The van der Waals surface area contributed by atoms with E-state index in [0.717, 1.165) is 16.9 Å². The van der Waals surface area contributed by atoms with E-state index >= 15 is 0 Å². The van der Waals surface area contributed by atoms with Gasteiger partial charge in [0.25, 0.3) is 10.1 Å². The fourth-order valence-electron chi connectivity index (χ4n) is 3.68. The van der Waals surface area contributed by atoms with Crippen molar-refractivity contribution in [2.75, 3.05) is 12.0 Å². The standard InChI is InChI=1S/C22H22N4O5S4/c1-32-22-19(13-18(33-22)20(23)24)35(30,31)15-7-4-6-14(12-15)21-25-16-8-2-3-9-17(16)26(21)10-5-11-34(27,28)29/h2-4,6-9,12-13H,5,10-11H2,1H3,(H3,23,24)(H,27,28,29). The Morgan fingerprint density at radius 3 is 2.57 bits per heavy atom. The summed E-state index contributed by atoms with van der Waals surface area (Å²) in [7, 11) is -8.03. The Balaban J connectivity index is 1.80. The average Bonchev–Trinajstić information content (AvgIpc) is 3.41. The lowest BCUT2D eigenvalue weighted by molar-refractivity contribution is 0.478. The molecule has 0 aliphatic carbocycles. The average molecular weight is 551 g/mol. The van der Waals surface area contributed by atoms with Crippen LogP contribution in [0.1, 0.15) is 11.3 Å². The maximum atomic E-state index is 13.5. The molecule has 0 amide bonds. The predicted molar refractivity (Wildman–Crippen MR) is 139 cm³/mol. The Morgan fingerprint density at radius 1 is 1.14 bits per heavy atom. The molecule has 0 saturated carbocycles. The second-order valence-electron chi connectivity index (χ2n) is 7.63. The fraction of sp³-hybridized carbons (Fsp3) is 0.182. The van der Waals surface area contributed by atoms with Gasteiger partial charge < -0.3 is 10.3 Å². The lowest BCUT2D eigenvalue weighted by atomic mass is 10.2. The van der Waals surface area contributed by atoms with Crippen LogP contribution in [0.5, 0.6) is 0 Å². The number of nitrogens with two attached hydrogens (primary N) is 1. The summed E-state index contributed by atoms with van der Waals surface area (Å²) in [5.41, 5.74) is 7.56. The molecule has 4 aromatic rings. The van der Waals surface area contributed by atoms with Gasteiger partial charge in [-0.15, -0.1) is 23.1 Å². The zero-order valence-electron chi connectivity index (χ0n) is 18.5. The summed E-state index contributed by atoms with van der Waals surface area (Å²) in [5.74, 6) is -0.112. The van der Waals surface area contributed by atoms with Gasteiger partial charge in [0, 0.05) is 12.1 Å². The number of thioether (sulfide) groups is 1. The fourth-order valence-corrected chi connectivity index (χ4v) is 8.07. The molecular weight excluding hydrogens is 529 g/mol. The molecule has 184 valence electrons. The lowest BCUT2D eigenvalue weighted by Gasteiger charge is -2.11. The van der Waals surface area contributed by atoms with E-state index in [-0.39, 0.29) is 28.6 Å². The molecule has 0 aliphatic rings. The van der Waals surface area contributed by atoms with Crippen molar-refractivity contribution in [3.05, 3.63) is 59.5 Å². The number of nitrogens with zero attached hydrogens (tertiary/aromatic N) is 2. The van der Waals surface area contributed by atoms with Crippen LogP contribution in [0.25, 0.3) is 22.4 Å². The minimum absolute atomic E-state index is 0.0646. The van der Waals surface area contributed by atoms with Crippen molar-refractivity contribution in [2.45, 2.75) is 27.0 Å². The van der Waals surface area contributed by atoms with Crippen LogP contribution in [0.2, 0.25) is 0 Å². The second-order valence-corrected chi connectivity index (χ2v) is 13.2. The third-order valence-corrected chi connectivity index (χ3v) is 10.4. The molecule has 2 heterocycles. The summed E-state index contributed by atoms with van der Waals surface area (Å²) in [6, 6.07) is 15.1. The molecule has 0 atom stereocenters. The maximum absolute atomic E-state index is 13.5. The van der Waals surface area contributed by atoms with Gasteiger partial charge in [0.15, 0.2) is 0 Å². The van der Waals surface area contributed by atoms with Crippen molar-refractivity contribution in [3.8, 4) is 11.4 Å². The molecule has 35 heavy (non-hydrogen) atoms. The monoisotopic (exact) mass is 550 g/mol. The molecule has 0 bridgehead atoms. The van der Waals surface area contributed by atoms with Gasteiger partial charge in [-0.25, -0.2) is 13.4 Å². The third kappa shape index (κ3) is 5.28. The van der Waals surface area contributed by atoms with Crippen LogP contribution in [0.4, 0.5) is 0 Å². The Labute approximate surface area is 211 Å². The summed E-state index contributed by atoms with van der Waals surface area (Å²) in [5, 5.41) is 7.67. The van der Waals surface area contributed by atoms with Crippen molar-refractivity contribution in [1.82, 2.24) is 9.55 Å². The van der Waals surface area contributed by atoms with Gasteiger partial charge in [-0.2, -0.15) is 8.42 Å². The van der Waals surface area contributed by atoms with Crippen LogP contribution in [0.3, 0.4) is 0 Å². The molecule has 2 aromatic heterocycles. The molecule has 0 spiro atoms. The number of aryl methyl sites for hydroxylation is 1. The van der Waals surface area contributed by atoms with Gasteiger partial charge in [0.05, 0.1) is 35.7 Å². The molecule has 0 fully saturated rings. The molecule has 4 N–H and O–H groups in total. The Hall–Kier alpha value is -2.71. The summed E-state index contributed by atoms with van der Waals surface area (Å²) >= 11 is 2.43. The first-order valence-electron chi connectivity index (χ1n) is 10.3. The first-order chi connectivity index (χ1) is 16.5. The van der Waals surface area contributed by atoms with E-state index in [9.17, 15) is 16.8 Å². The van der Waals surface area contributed by atoms with Gasteiger partial charge in [-0.3, -0.25) is 9.96 Å². The van der Waals surface area contributed by atoms with E-state index in [4.69, 9.17) is 15.7 Å². The van der Waals surface area contributed by atoms with Crippen LogP contribution < -0.4 is 5.73 Å². The van der Waals surface area contributed by atoms with Crippen molar-refractivity contribution in [2.24, 2.45) is 5.73 Å². The zero-order valence-corrected chi connectivity index (χ0v) is 21.8. The number of hydrogen-bond acceptors (Lipinski definition) is 8. The Bertz CT molecular complexity index is 1640. The molecular formula is C22H22N4O5S4. The Morgan fingerprint density at radius 2 is 1.89 bits per heavy atom. The number of nitrogen functional groups attached to an aromatic ring is 1. The third-order valence-electron chi connectivity index (χ3n) is 5.25. The molecule has 2 aromatic carbocycles. The quantitative estimate of drug-likeness (QED) is 0.123. The van der Waals surface area contributed by atoms with E-state index in [1.165, 1.54) is 30.0 Å². The molecule has 0 aliphatic heterocycles. The van der Waals surface area contributed by atoms with Crippen molar-refractivity contribution in [3.63, 3.8) is 0 Å². The normalized spacial score (nSPS) is 12.3. The minimum atomic E-state index is -4.11. The number of benzene rings is 2. The van der Waals surface area contributed by atoms with E-state index in [1.54, 1.807) is 18.4 Å². The summed E-state index contributed by atoms with van der Waals surface area (Å²) in [6.45, 7) is 0.260. The molecule has 9 nitrogen and oxygen atoms in total. The SMILES string of the molecule is CSc1sc(C(=N)N)cc1S(=O)(=O)c1cccc(-c2nc3ccccc3n2CCCS(=O)(=O)O)c1. The maximum Gasteiger partial charge on any atom is 0.264 e. The number of sulfone groups is 1. The summed E-state index contributed by atoms with van der Waals surface area (Å²) < 4.78 is 61.0. The number of hydrogen-bond donors (Lipinski definition) is 3. The number of nitrogens with one attached hydrogen (secondary N) is 1. The van der Waals surface area contributed by atoms with Crippen LogP contribution in [-0.4, -0.2) is 48.8 Å². The van der Waals surface area contributed by atoms with Crippen LogP contribution in [0.15, 0.2) is 68.6 Å². The lowest BCUT2D eigenvalue weighted by Crippen LogP contribution is -2.09. The highest BCUT2D eigenvalue weighted by Gasteiger charge is 2.26. The van der Waals surface area contributed by atoms with E-state index in [0.29, 0.717) is 26.0 Å². The van der Waals surface area contributed by atoms with Crippen LogP contribution in [0, 0.1) is 5.41 Å².